The van der Waals surface area contributed by atoms with Crippen molar-refractivity contribution >= 4 is 5.97 Å². The molecule has 1 saturated carbocycles. The number of carboxylic acids is 1. The number of aliphatic carboxylic acids is 1. The van der Waals surface area contributed by atoms with Gasteiger partial charge in [0, 0.05) is 0 Å². The number of rotatable bonds is 5. The van der Waals surface area contributed by atoms with E-state index in [1.807, 2.05) is 32.0 Å². The predicted molar refractivity (Wildman–Crippen MR) is 71.6 cm³/mol. The molecule has 0 saturated heterocycles. The van der Waals surface area contributed by atoms with Gasteiger partial charge in [0.2, 0.25) is 0 Å². The molecule has 0 radical (unpaired) electrons. The molecular formula is C15H21NO2. The smallest absolute Gasteiger partial charge is 0.328 e. The van der Waals surface area contributed by atoms with Gasteiger partial charge in [0.05, 0.1) is 0 Å². The van der Waals surface area contributed by atoms with Crippen LogP contribution in [0.3, 0.4) is 0 Å². The molecule has 1 aliphatic rings. The van der Waals surface area contributed by atoms with E-state index in [-0.39, 0.29) is 0 Å². The summed E-state index contributed by atoms with van der Waals surface area (Å²) in [6, 6.07) is 5.88. The minimum atomic E-state index is -0.985. The molecule has 1 atom stereocenters. The van der Waals surface area contributed by atoms with Crippen molar-refractivity contribution in [1.29, 1.82) is 0 Å². The van der Waals surface area contributed by atoms with Gasteiger partial charge < -0.3 is 5.11 Å². The molecule has 2 rings (SSSR count). The van der Waals surface area contributed by atoms with Gasteiger partial charge in [-0.3, -0.25) is 5.32 Å². The summed E-state index contributed by atoms with van der Waals surface area (Å²) in [5.41, 5.74) is 2.17. The van der Waals surface area contributed by atoms with E-state index in [1.165, 1.54) is 18.4 Å². The number of hydrogen-bond donors (Lipinski definition) is 2. The second-order valence-corrected chi connectivity index (χ2v) is 5.55. The quantitative estimate of drug-likeness (QED) is 0.841. The molecule has 0 spiro atoms. The van der Waals surface area contributed by atoms with E-state index in [1.54, 1.807) is 6.92 Å². The Morgan fingerprint density at radius 2 is 2.06 bits per heavy atom. The average Bonchev–Trinajstić information content (AvgIpc) is 3.13. The van der Waals surface area contributed by atoms with Crippen LogP contribution in [-0.2, 0) is 10.3 Å². The van der Waals surface area contributed by atoms with Crippen LogP contribution in [0.15, 0.2) is 18.2 Å². The summed E-state index contributed by atoms with van der Waals surface area (Å²) in [7, 11) is 0. The molecule has 3 heteroatoms. The number of carboxylic acid groups (broad SMARTS) is 1. The maximum atomic E-state index is 11.6. The van der Waals surface area contributed by atoms with E-state index in [0.29, 0.717) is 5.92 Å². The van der Waals surface area contributed by atoms with Crippen molar-refractivity contribution in [2.24, 2.45) is 5.92 Å². The summed E-state index contributed by atoms with van der Waals surface area (Å²) >= 11 is 0. The Bertz CT molecular complexity index is 466. The van der Waals surface area contributed by atoms with Crippen LogP contribution in [0.2, 0.25) is 0 Å². The summed E-state index contributed by atoms with van der Waals surface area (Å²) in [4.78, 5) is 11.6. The second-order valence-electron chi connectivity index (χ2n) is 5.55. The third-order valence-electron chi connectivity index (χ3n) is 3.95. The maximum Gasteiger partial charge on any atom is 0.328 e. The lowest BCUT2D eigenvalue weighted by Gasteiger charge is -2.27. The van der Waals surface area contributed by atoms with Crippen molar-refractivity contribution in [3.8, 4) is 0 Å². The van der Waals surface area contributed by atoms with Crippen LogP contribution in [0.25, 0.3) is 0 Å². The van der Waals surface area contributed by atoms with Gasteiger partial charge in [-0.2, -0.15) is 0 Å². The van der Waals surface area contributed by atoms with Crippen LogP contribution in [0.1, 0.15) is 36.5 Å². The van der Waals surface area contributed by atoms with Gasteiger partial charge in [-0.1, -0.05) is 18.2 Å². The lowest BCUT2D eigenvalue weighted by molar-refractivity contribution is -0.144. The lowest BCUT2D eigenvalue weighted by Crippen LogP contribution is -2.47. The zero-order chi connectivity index (χ0) is 13.3. The van der Waals surface area contributed by atoms with Crippen LogP contribution in [0, 0.1) is 19.8 Å². The number of carbonyl (C=O) groups is 1. The number of benzene rings is 1. The van der Waals surface area contributed by atoms with Gasteiger partial charge in [0.1, 0.15) is 5.54 Å². The minimum Gasteiger partial charge on any atom is -0.480 e. The van der Waals surface area contributed by atoms with Crippen LogP contribution in [0.4, 0.5) is 0 Å². The largest absolute Gasteiger partial charge is 0.480 e. The van der Waals surface area contributed by atoms with Crippen molar-refractivity contribution in [1.82, 2.24) is 5.32 Å². The molecule has 0 amide bonds. The zero-order valence-corrected chi connectivity index (χ0v) is 11.3. The van der Waals surface area contributed by atoms with E-state index in [0.717, 1.165) is 17.7 Å². The fraction of sp³-hybridized carbons (Fsp3) is 0.533. The Kier molecular flexibility index (Phi) is 3.44. The Morgan fingerprint density at radius 1 is 1.39 bits per heavy atom. The monoisotopic (exact) mass is 247 g/mol. The first-order valence-electron chi connectivity index (χ1n) is 6.49. The van der Waals surface area contributed by atoms with Crippen LogP contribution in [-0.4, -0.2) is 17.6 Å². The molecule has 18 heavy (non-hydrogen) atoms. The number of aryl methyl sites for hydroxylation is 2. The summed E-state index contributed by atoms with van der Waals surface area (Å²) in [6.07, 6.45) is 2.44. The highest BCUT2D eigenvalue weighted by Gasteiger charge is 2.36. The molecule has 1 fully saturated rings. The fourth-order valence-corrected chi connectivity index (χ4v) is 2.02. The highest BCUT2D eigenvalue weighted by Crippen LogP contribution is 2.30. The van der Waals surface area contributed by atoms with E-state index in [9.17, 15) is 9.90 Å². The lowest BCUT2D eigenvalue weighted by atomic mass is 9.89. The first-order valence-corrected chi connectivity index (χ1v) is 6.49. The molecular weight excluding hydrogens is 226 g/mol. The van der Waals surface area contributed by atoms with E-state index >= 15 is 0 Å². The maximum absolute atomic E-state index is 11.6. The van der Waals surface area contributed by atoms with Crippen molar-refractivity contribution < 1.29 is 9.90 Å². The third kappa shape index (κ3) is 2.56. The van der Waals surface area contributed by atoms with Gasteiger partial charge in [0.15, 0.2) is 0 Å². The summed E-state index contributed by atoms with van der Waals surface area (Å²) in [5.74, 6) is -0.151. The van der Waals surface area contributed by atoms with Crippen molar-refractivity contribution in [3.05, 3.63) is 34.9 Å². The van der Waals surface area contributed by atoms with Gasteiger partial charge in [-0.25, -0.2) is 4.79 Å². The molecule has 1 aromatic carbocycles. The van der Waals surface area contributed by atoms with Gasteiger partial charge in [-0.15, -0.1) is 0 Å². The van der Waals surface area contributed by atoms with Crippen LogP contribution < -0.4 is 5.32 Å². The minimum absolute atomic E-state index is 0.662. The second kappa shape index (κ2) is 4.73. The Hall–Kier alpha value is -1.35. The third-order valence-corrected chi connectivity index (χ3v) is 3.95. The summed E-state index contributed by atoms with van der Waals surface area (Å²) in [6.45, 7) is 6.59. The normalized spacial score (nSPS) is 18.4. The molecule has 0 heterocycles. The topological polar surface area (TPSA) is 49.3 Å². The first-order chi connectivity index (χ1) is 8.43. The zero-order valence-electron chi connectivity index (χ0n) is 11.3. The molecule has 3 nitrogen and oxygen atoms in total. The molecule has 1 aliphatic carbocycles. The van der Waals surface area contributed by atoms with Crippen LogP contribution >= 0.6 is 0 Å². The standard InChI is InChI=1S/C15H21NO2/c1-10-4-7-13(8-11(10)2)15(3,14(17)18)16-9-12-5-6-12/h4,7-8,12,16H,5-6,9H2,1-3H3,(H,17,18). The average molecular weight is 247 g/mol. The Balaban J connectivity index is 2.26. The van der Waals surface area contributed by atoms with E-state index < -0.39 is 11.5 Å². The van der Waals surface area contributed by atoms with Crippen LogP contribution in [0.5, 0.6) is 0 Å². The highest BCUT2D eigenvalue weighted by atomic mass is 16.4. The van der Waals surface area contributed by atoms with Crippen molar-refractivity contribution in [2.45, 2.75) is 39.2 Å². The molecule has 0 aromatic heterocycles. The van der Waals surface area contributed by atoms with Crippen molar-refractivity contribution in [3.63, 3.8) is 0 Å². The highest BCUT2D eigenvalue weighted by molar-refractivity contribution is 5.80. The fourth-order valence-electron chi connectivity index (χ4n) is 2.02. The van der Waals surface area contributed by atoms with Gasteiger partial charge in [-0.05, 0) is 62.8 Å². The number of hydrogen-bond acceptors (Lipinski definition) is 2. The first kappa shape index (κ1) is 13.1. The SMILES string of the molecule is Cc1ccc(C(C)(NCC2CC2)C(=O)O)cc1C. The van der Waals surface area contributed by atoms with Gasteiger partial charge in [0.25, 0.3) is 0 Å². The molecule has 1 aromatic rings. The molecule has 1 unspecified atom stereocenters. The van der Waals surface area contributed by atoms with E-state index in [2.05, 4.69) is 5.32 Å². The van der Waals surface area contributed by atoms with Crippen molar-refractivity contribution in [2.75, 3.05) is 6.54 Å². The molecule has 0 aliphatic heterocycles. The van der Waals surface area contributed by atoms with Gasteiger partial charge >= 0.3 is 5.97 Å². The van der Waals surface area contributed by atoms with E-state index in [4.69, 9.17) is 0 Å². The molecule has 0 bridgehead atoms. The summed E-state index contributed by atoms with van der Waals surface area (Å²) in [5, 5.41) is 12.7. The Morgan fingerprint density at radius 3 is 2.56 bits per heavy atom. The Labute approximate surface area is 108 Å². The predicted octanol–water partition coefficient (Wildman–Crippen LogP) is 2.60. The molecule has 2 N–H and O–H groups in total. The molecule has 98 valence electrons. The number of nitrogens with one attached hydrogen (secondary N) is 1. The summed E-state index contributed by atoms with van der Waals surface area (Å²) < 4.78 is 0.